The number of rotatable bonds is 5. The highest BCUT2D eigenvalue weighted by Crippen LogP contribution is 2.29. The average Bonchev–Trinajstić information content (AvgIpc) is 3.34. The molecule has 2 aromatic carbocycles. The molecule has 1 amide bonds. The highest BCUT2D eigenvalue weighted by Gasteiger charge is 2.38. The Morgan fingerprint density at radius 2 is 1.77 bits per heavy atom. The smallest absolute Gasteiger partial charge is 0.348 e. The zero-order valence-corrected chi connectivity index (χ0v) is 16.1. The molecule has 3 aromatic rings. The molecule has 0 saturated carbocycles. The highest BCUT2D eigenvalue weighted by molar-refractivity contribution is 5.94. The van der Waals surface area contributed by atoms with Gasteiger partial charge in [-0.1, -0.05) is 41.6 Å². The quantitative estimate of drug-likeness (QED) is 0.683. The van der Waals surface area contributed by atoms with Crippen molar-refractivity contribution < 1.29 is 22.5 Å². The first-order chi connectivity index (χ1) is 14.3. The third-order valence-electron chi connectivity index (χ3n) is 4.89. The Labute approximate surface area is 170 Å². The van der Waals surface area contributed by atoms with Crippen LogP contribution in [0, 0.1) is 0 Å². The van der Waals surface area contributed by atoms with E-state index in [2.05, 4.69) is 37.0 Å². The molecule has 1 atom stereocenters. The summed E-state index contributed by atoms with van der Waals surface area (Å²) in [7, 11) is 0. The third-order valence-corrected chi connectivity index (χ3v) is 4.89. The molecule has 0 aliphatic carbocycles. The molecule has 0 spiro atoms. The lowest BCUT2D eigenvalue weighted by Gasteiger charge is -2.21. The van der Waals surface area contributed by atoms with Gasteiger partial charge in [-0.15, -0.1) is 0 Å². The second-order valence-electron chi connectivity index (χ2n) is 7.31. The fourth-order valence-electron chi connectivity index (χ4n) is 3.50. The number of fused-ring (bicyclic) bond motifs is 1. The maximum Gasteiger partial charge on any atom is 0.471 e. The SMILES string of the molecule is CC(CN1Cc2ccccc2C1)NC(=O)c1ccc(-c2noc(C(F)(F)F)n2)cc1. The number of carbonyl (C=O) groups excluding carboxylic acids is 1. The normalized spacial score (nSPS) is 15.1. The monoisotopic (exact) mass is 416 g/mol. The Kier molecular flexibility index (Phi) is 5.29. The molecule has 156 valence electrons. The molecule has 0 fully saturated rings. The summed E-state index contributed by atoms with van der Waals surface area (Å²) >= 11 is 0. The van der Waals surface area contributed by atoms with Crippen molar-refractivity contribution in [2.24, 2.45) is 0 Å². The van der Waals surface area contributed by atoms with Crippen LogP contribution in [0.4, 0.5) is 13.2 Å². The van der Waals surface area contributed by atoms with E-state index in [0.717, 1.165) is 13.1 Å². The minimum absolute atomic E-state index is 0.0713. The number of benzene rings is 2. The molecule has 1 N–H and O–H groups in total. The number of hydrogen-bond donors (Lipinski definition) is 1. The topological polar surface area (TPSA) is 71.3 Å². The molecule has 1 unspecified atom stereocenters. The molecule has 30 heavy (non-hydrogen) atoms. The van der Waals surface area contributed by atoms with Crippen LogP contribution in [0.2, 0.25) is 0 Å². The van der Waals surface area contributed by atoms with E-state index in [1.807, 2.05) is 19.1 Å². The molecule has 9 heteroatoms. The first-order valence-corrected chi connectivity index (χ1v) is 9.41. The Hall–Kier alpha value is -3.20. The van der Waals surface area contributed by atoms with E-state index in [4.69, 9.17) is 0 Å². The second-order valence-corrected chi connectivity index (χ2v) is 7.31. The van der Waals surface area contributed by atoms with Gasteiger partial charge in [-0.2, -0.15) is 18.2 Å². The number of nitrogens with one attached hydrogen (secondary N) is 1. The number of aromatic nitrogens is 2. The van der Waals surface area contributed by atoms with Gasteiger partial charge < -0.3 is 9.84 Å². The van der Waals surface area contributed by atoms with Gasteiger partial charge in [0.05, 0.1) is 0 Å². The van der Waals surface area contributed by atoms with Gasteiger partial charge >= 0.3 is 12.1 Å². The van der Waals surface area contributed by atoms with Crippen LogP contribution in [-0.4, -0.2) is 33.5 Å². The number of hydrogen-bond acceptors (Lipinski definition) is 5. The maximum atomic E-state index is 12.6. The van der Waals surface area contributed by atoms with Crippen molar-refractivity contribution >= 4 is 5.91 Å². The minimum Gasteiger partial charge on any atom is -0.348 e. The Morgan fingerprint density at radius 1 is 1.13 bits per heavy atom. The minimum atomic E-state index is -4.70. The molecular formula is C21H19F3N4O2. The van der Waals surface area contributed by atoms with Crippen molar-refractivity contribution in [3.05, 3.63) is 71.1 Å². The Balaban J connectivity index is 1.34. The van der Waals surface area contributed by atoms with Gasteiger partial charge in [0.2, 0.25) is 5.82 Å². The molecule has 1 aromatic heterocycles. The van der Waals surface area contributed by atoms with Gasteiger partial charge in [0.15, 0.2) is 0 Å². The summed E-state index contributed by atoms with van der Waals surface area (Å²) in [4.78, 5) is 18.1. The summed E-state index contributed by atoms with van der Waals surface area (Å²) < 4.78 is 42.0. The van der Waals surface area contributed by atoms with Crippen LogP contribution in [0.15, 0.2) is 53.1 Å². The van der Waals surface area contributed by atoms with Crippen molar-refractivity contribution in [3.8, 4) is 11.4 Å². The molecule has 0 saturated heterocycles. The van der Waals surface area contributed by atoms with Gasteiger partial charge in [-0.05, 0) is 30.2 Å². The first kappa shape index (κ1) is 20.1. The largest absolute Gasteiger partial charge is 0.471 e. The predicted octanol–water partition coefficient (Wildman–Crippen LogP) is 3.89. The van der Waals surface area contributed by atoms with Crippen molar-refractivity contribution in [3.63, 3.8) is 0 Å². The van der Waals surface area contributed by atoms with E-state index in [9.17, 15) is 18.0 Å². The van der Waals surface area contributed by atoms with Crippen LogP contribution in [0.5, 0.6) is 0 Å². The van der Waals surface area contributed by atoms with E-state index in [0.29, 0.717) is 17.7 Å². The van der Waals surface area contributed by atoms with E-state index in [1.54, 1.807) is 0 Å². The molecule has 1 aliphatic rings. The van der Waals surface area contributed by atoms with E-state index in [-0.39, 0.29) is 17.8 Å². The van der Waals surface area contributed by atoms with Gasteiger partial charge in [0.1, 0.15) is 0 Å². The lowest BCUT2D eigenvalue weighted by atomic mass is 10.1. The fourth-order valence-corrected chi connectivity index (χ4v) is 3.50. The first-order valence-electron chi connectivity index (χ1n) is 9.41. The molecule has 1 aliphatic heterocycles. The fraction of sp³-hybridized carbons (Fsp3) is 0.286. The highest BCUT2D eigenvalue weighted by atomic mass is 19.4. The van der Waals surface area contributed by atoms with Crippen LogP contribution in [0.1, 0.15) is 34.3 Å². The van der Waals surface area contributed by atoms with Gasteiger partial charge in [-0.25, -0.2) is 0 Å². The van der Waals surface area contributed by atoms with Gasteiger partial charge in [0.25, 0.3) is 5.91 Å². The second kappa shape index (κ2) is 7.91. The number of carbonyl (C=O) groups is 1. The van der Waals surface area contributed by atoms with Crippen LogP contribution in [0.3, 0.4) is 0 Å². The predicted molar refractivity (Wildman–Crippen MR) is 102 cm³/mol. The van der Waals surface area contributed by atoms with E-state index >= 15 is 0 Å². The van der Waals surface area contributed by atoms with E-state index in [1.165, 1.54) is 35.4 Å². The van der Waals surface area contributed by atoms with E-state index < -0.39 is 12.1 Å². The summed E-state index contributed by atoms with van der Waals surface area (Å²) in [6.07, 6.45) is -4.70. The Morgan fingerprint density at radius 3 is 2.33 bits per heavy atom. The van der Waals surface area contributed by atoms with Crippen LogP contribution >= 0.6 is 0 Å². The number of halogens is 3. The number of amides is 1. The number of nitrogens with zero attached hydrogens (tertiary/aromatic N) is 3. The summed E-state index contributed by atoms with van der Waals surface area (Å²) in [5, 5.41) is 6.29. The van der Waals surface area contributed by atoms with Crippen LogP contribution < -0.4 is 5.32 Å². The average molecular weight is 416 g/mol. The lowest BCUT2D eigenvalue weighted by molar-refractivity contribution is -0.159. The molecule has 4 rings (SSSR count). The van der Waals surface area contributed by atoms with Crippen LogP contribution in [-0.2, 0) is 19.3 Å². The summed E-state index contributed by atoms with van der Waals surface area (Å²) in [5.41, 5.74) is 3.34. The van der Waals surface area contributed by atoms with Gasteiger partial charge in [0, 0.05) is 36.8 Å². The summed E-state index contributed by atoms with van der Waals surface area (Å²) in [6.45, 7) is 4.36. The van der Waals surface area contributed by atoms with Crippen LogP contribution in [0.25, 0.3) is 11.4 Å². The third kappa shape index (κ3) is 4.35. The Bertz CT molecular complexity index is 1020. The van der Waals surface area contributed by atoms with Crippen molar-refractivity contribution in [1.29, 1.82) is 0 Å². The molecule has 0 bridgehead atoms. The zero-order chi connectivity index (χ0) is 21.3. The maximum absolute atomic E-state index is 12.6. The van der Waals surface area contributed by atoms with Gasteiger partial charge in [-0.3, -0.25) is 9.69 Å². The number of alkyl halides is 3. The van der Waals surface area contributed by atoms with Crippen molar-refractivity contribution in [2.75, 3.05) is 6.54 Å². The molecule has 2 heterocycles. The summed E-state index contributed by atoms with van der Waals surface area (Å²) in [6, 6.07) is 14.2. The standard InChI is InChI=1S/C21H19F3N4O2/c1-13(10-28-11-16-4-2-3-5-17(16)12-28)25-19(29)15-8-6-14(7-9-15)18-26-20(30-27-18)21(22,23)24/h2-9,13H,10-12H2,1H3,(H,25,29). The summed E-state index contributed by atoms with van der Waals surface area (Å²) in [5.74, 6) is -1.84. The lowest BCUT2D eigenvalue weighted by Crippen LogP contribution is -2.40. The zero-order valence-electron chi connectivity index (χ0n) is 16.1. The van der Waals surface area contributed by atoms with Crippen molar-refractivity contribution in [1.82, 2.24) is 20.4 Å². The molecule has 6 nitrogen and oxygen atoms in total. The molecule has 0 radical (unpaired) electrons. The molecular weight excluding hydrogens is 397 g/mol. The van der Waals surface area contributed by atoms with Crippen molar-refractivity contribution in [2.45, 2.75) is 32.2 Å².